The van der Waals surface area contributed by atoms with Gasteiger partial charge in [-0.1, -0.05) is 64.2 Å². The third kappa shape index (κ3) is 5.03. The van der Waals surface area contributed by atoms with E-state index in [9.17, 15) is 0 Å². The minimum atomic E-state index is 0.637. The first-order valence-electron chi connectivity index (χ1n) is 8.91. The van der Waals surface area contributed by atoms with Crippen molar-refractivity contribution in [3.63, 3.8) is 0 Å². The summed E-state index contributed by atoms with van der Waals surface area (Å²) >= 11 is 0. The van der Waals surface area contributed by atoms with Crippen molar-refractivity contribution < 1.29 is 0 Å². The molecule has 2 nitrogen and oxygen atoms in total. The van der Waals surface area contributed by atoms with Crippen molar-refractivity contribution in [1.82, 2.24) is 5.32 Å². The SMILES string of the molecule is CCCCCCCN1CC(CCC)NCc2ccccc21. The molecule has 0 amide bonds. The van der Waals surface area contributed by atoms with Crippen LogP contribution in [0.2, 0.25) is 0 Å². The number of fused-ring (bicyclic) bond motifs is 1. The van der Waals surface area contributed by atoms with Gasteiger partial charge in [0.1, 0.15) is 0 Å². The lowest BCUT2D eigenvalue weighted by Crippen LogP contribution is -2.38. The van der Waals surface area contributed by atoms with Gasteiger partial charge >= 0.3 is 0 Å². The minimum absolute atomic E-state index is 0.637. The molecule has 0 radical (unpaired) electrons. The molecule has 2 heteroatoms. The van der Waals surface area contributed by atoms with Gasteiger partial charge in [0, 0.05) is 31.4 Å². The second-order valence-corrected chi connectivity index (χ2v) is 6.36. The van der Waals surface area contributed by atoms with Crippen molar-refractivity contribution in [3.05, 3.63) is 29.8 Å². The van der Waals surface area contributed by atoms with E-state index >= 15 is 0 Å². The molecule has 0 saturated carbocycles. The molecule has 0 fully saturated rings. The molecule has 1 aromatic rings. The molecule has 1 heterocycles. The van der Waals surface area contributed by atoms with E-state index in [0.29, 0.717) is 6.04 Å². The van der Waals surface area contributed by atoms with E-state index in [1.165, 1.54) is 69.3 Å². The summed E-state index contributed by atoms with van der Waals surface area (Å²) < 4.78 is 0. The fourth-order valence-electron chi connectivity index (χ4n) is 3.31. The molecule has 1 aromatic carbocycles. The molecule has 1 unspecified atom stereocenters. The zero-order chi connectivity index (χ0) is 14.9. The first-order valence-corrected chi connectivity index (χ1v) is 8.91. The Balaban J connectivity index is 1.96. The molecular formula is C19H32N2. The van der Waals surface area contributed by atoms with Crippen LogP contribution >= 0.6 is 0 Å². The molecule has 0 aliphatic carbocycles. The Labute approximate surface area is 130 Å². The Hall–Kier alpha value is -1.02. The van der Waals surface area contributed by atoms with Crippen LogP contribution in [0.25, 0.3) is 0 Å². The number of anilines is 1. The van der Waals surface area contributed by atoms with Crippen molar-refractivity contribution in [2.75, 3.05) is 18.0 Å². The third-order valence-corrected chi connectivity index (χ3v) is 4.52. The fourth-order valence-corrected chi connectivity index (χ4v) is 3.31. The minimum Gasteiger partial charge on any atom is -0.370 e. The Morgan fingerprint density at radius 1 is 1.05 bits per heavy atom. The zero-order valence-corrected chi connectivity index (χ0v) is 13.9. The molecule has 1 aliphatic rings. The second kappa shape index (κ2) is 9.09. The van der Waals surface area contributed by atoms with Gasteiger partial charge in [-0.3, -0.25) is 0 Å². The summed E-state index contributed by atoms with van der Waals surface area (Å²) in [6, 6.07) is 9.57. The number of nitrogens with one attached hydrogen (secondary N) is 1. The number of hydrogen-bond acceptors (Lipinski definition) is 2. The van der Waals surface area contributed by atoms with Crippen LogP contribution in [0.3, 0.4) is 0 Å². The maximum Gasteiger partial charge on any atom is 0.0412 e. The van der Waals surface area contributed by atoms with E-state index in [1.807, 2.05) is 0 Å². The normalized spacial score (nSPS) is 18.4. The van der Waals surface area contributed by atoms with E-state index in [-0.39, 0.29) is 0 Å². The molecule has 1 atom stereocenters. The third-order valence-electron chi connectivity index (χ3n) is 4.52. The number of para-hydroxylation sites is 1. The van der Waals surface area contributed by atoms with Crippen LogP contribution in [-0.4, -0.2) is 19.1 Å². The second-order valence-electron chi connectivity index (χ2n) is 6.36. The van der Waals surface area contributed by atoms with Crippen LogP contribution in [0, 0.1) is 0 Å². The number of hydrogen-bond donors (Lipinski definition) is 1. The number of nitrogens with zero attached hydrogens (tertiary/aromatic N) is 1. The zero-order valence-electron chi connectivity index (χ0n) is 13.9. The first-order chi connectivity index (χ1) is 10.3. The average molecular weight is 288 g/mol. The maximum atomic E-state index is 3.74. The molecule has 0 aromatic heterocycles. The van der Waals surface area contributed by atoms with Gasteiger partial charge in [-0.25, -0.2) is 0 Å². The lowest BCUT2D eigenvalue weighted by atomic mass is 10.1. The topological polar surface area (TPSA) is 15.3 Å². The van der Waals surface area contributed by atoms with Gasteiger partial charge in [0.25, 0.3) is 0 Å². The van der Waals surface area contributed by atoms with E-state index in [4.69, 9.17) is 0 Å². The summed E-state index contributed by atoms with van der Waals surface area (Å²) in [5, 5.41) is 3.74. The summed E-state index contributed by atoms with van der Waals surface area (Å²) in [5.41, 5.74) is 2.92. The fraction of sp³-hybridized carbons (Fsp3) is 0.684. The highest BCUT2D eigenvalue weighted by molar-refractivity contribution is 5.54. The highest BCUT2D eigenvalue weighted by Crippen LogP contribution is 2.24. The van der Waals surface area contributed by atoms with Gasteiger partial charge in [-0.05, 0) is 24.5 Å². The van der Waals surface area contributed by atoms with E-state index in [2.05, 4.69) is 48.3 Å². The molecule has 0 saturated heterocycles. The molecular weight excluding hydrogens is 256 g/mol. The van der Waals surface area contributed by atoms with E-state index in [0.717, 1.165) is 6.54 Å². The lowest BCUT2D eigenvalue weighted by molar-refractivity contribution is 0.476. The largest absolute Gasteiger partial charge is 0.370 e. The molecule has 118 valence electrons. The Bertz CT molecular complexity index is 402. The predicted octanol–water partition coefficient (Wildman–Crippen LogP) is 4.74. The van der Waals surface area contributed by atoms with E-state index < -0.39 is 0 Å². The van der Waals surface area contributed by atoms with Gasteiger partial charge in [-0.15, -0.1) is 0 Å². The van der Waals surface area contributed by atoms with Crippen molar-refractivity contribution >= 4 is 5.69 Å². The lowest BCUT2D eigenvalue weighted by Gasteiger charge is -2.27. The van der Waals surface area contributed by atoms with Gasteiger partial charge < -0.3 is 10.2 Å². The summed E-state index contributed by atoms with van der Waals surface area (Å²) in [6.45, 7) is 7.97. The van der Waals surface area contributed by atoms with Gasteiger partial charge in [-0.2, -0.15) is 0 Å². The van der Waals surface area contributed by atoms with Crippen LogP contribution in [0.5, 0.6) is 0 Å². The Morgan fingerprint density at radius 3 is 2.67 bits per heavy atom. The molecule has 0 bridgehead atoms. The molecule has 1 N–H and O–H groups in total. The smallest absolute Gasteiger partial charge is 0.0412 e. The Kier molecular flexibility index (Phi) is 7.08. The van der Waals surface area contributed by atoms with Crippen molar-refractivity contribution in [2.45, 2.75) is 71.4 Å². The molecule has 1 aliphatic heterocycles. The predicted molar refractivity (Wildman–Crippen MR) is 92.9 cm³/mol. The Morgan fingerprint density at radius 2 is 1.86 bits per heavy atom. The van der Waals surface area contributed by atoms with Crippen molar-refractivity contribution in [1.29, 1.82) is 0 Å². The molecule has 2 rings (SSSR count). The van der Waals surface area contributed by atoms with Gasteiger partial charge in [0.15, 0.2) is 0 Å². The first kappa shape index (κ1) is 16.4. The van der Waals surface area contributed by atoms with Crippen LogP contribution in [0.15, 0.2) is 24.3 Å². The van der Waals surface area contributed by atoms with Gasteiger partial charge in [0.2, 0.25) is 0 Å². The van der Waals surface area contributed by atoms with Crippen LogP contribution in [-0.2, 0) is 6.54 Å². The standard InChI is InChI=1S/C19H32N2/c1-3-5-6-7-10-14-21-16-18(11-4-2)20-15-17-12-8-9-13-19(17)21/h8-9,12-13,18,20H,3-7,10-11,14-16H2,1-2H3. The maximum absolute atomic E-state index is 3.74. The van der Waals surface area contributed by atoms with Crippen LogP contribution in [0.4, 0.5) is 5.69 Å². The average Bonchev–Trinajstić information content (AvgIpc) is 2.68. The quantitative estimate of drug-likeness (QED) is 0.695. The van der Waals surface area contributed by atoms with E-state index in [1.54, 1.807) is 0 Å². The molecule has 0 spiro atoms. The summed E-state index contributed by atoms with van der Waals surface area (Å²) in [6.07, 6.45) is 9.35. The number of rotatable bonds is 8. The highest BCUT2D eigenvalue weighted by Gasteiger charge is 2.20. The van der Waals surface area contributed by atoms with Crippen molar-refractivity contribution in [3.8, 4) is 0 Å². The van der Waals surface area contributed by atoms with Crippen LogP contribution < -0.4 is 10.2 Å². The summed E-state index contributed by atoms with van der Waals surface area (Å²) in [7, 11) is 0. The van der Waals surface area contributed by atoms with Crippen LogP contribution in [0.1, 0.15) is 64.4 Å². The summed E-state index contributed by atoms with van der Waals surface area (Å²) in [5.74, 6) is 0. The van der Waals surface area contributed by atoms with Crippen molar-refractivity contribution in [2.24, 2.45) is 0 Å². The number of benzene rings is 1. The molecule has 21 heavy (non-hydrogen) atoms. The highest BCUT2D eigenvalue weighted by atomic mass is 15.2. The summed E-state index contributed by atoms with van der Waals surface area (Å²) in [4.78, 5) is 2.63. The number of unbranched alkanes of at least 4 members (excludes halogenated alkanes) is 4. The monoisotopic (exact) mass is 288 g/mol. The van der Waals surface area contributed by atoms with Gasteiger partial charge in [0.05, 0.1) is 0 Å².